The Labute approximate surface area is 109 Å². The second-order valence-corrected chi connectivity index (χ2v) is 4.89. The molecule has 0 saturated carbocycles. The van der Waals surface area contributed by atoms with Crippen molar-refractivity contribution in [1.82, 2.24) is 4.90 Å². The Hall–Kier alpha value is -1.69. The molecule has 0 bridgehead atoms. The van der Waals surface area contributed by atoms with Gasteiger partial charge >= 0.3 is 0 Å². The maximum Gasteiger partial charge on any atom is 0.254 e. The molecule has 1 aliphatic rings. The molecule has 4 nitrogen and oxygen atoms in total. The van der Waals surface area contributed by atoms with Crippen LogP contribution < -0.4 is 5.73 Å². The van der Waals surface area contributed by atoms with E-state index in [4.69, 9.17) is 5.73 Å². The summed E-state index contributed by atoms with van der Waals surface area (Å²) in [5.41, 5.74) is 4.51. The van der Waals surface area contributed by atoms with Gasteiger partial charge in [0.1, 0.15) is 17.3 Å². The van der Waals surface area contributed by atoms with Gasteiger partial charge in [0, 0.05) is 24.6 Å². The number of nitrogens with zero attached hydrogens (tertiary/aromatic N) is 1. The number of aliphatic hydroxyl groups excluding tert-OH is 1. The average molecular weight is 270 g/mol. The Morgan fingerprint density at radius 1 is 1.47 bits per heavy atom. The van der Waals surface area contributed by atoms with Crippen LogP contribution in [0.2, 0.25) is 0 Å². The summed E-state index contributed by atoms with van der Waals surface area (Å²) in [6.45, 7) is 2.54. The summed E-state index contributed by atoms with van der Waals surface area (Å²) in [5, 5.41) is 9.47. The van der Waals surface area contributed by atoms with Crippen molar-refractivity contribution in [3.8, 4) is 0 Å². The molecule has 3 N–H and O–H groups in total. The second-order valence-electron chi connectivity index (χ2n) is 4.89. The van der Waals surface area contributed by atoms with E-state index < -0.39 is 29.3 Å². The number of carbonyl (C=O) groups excluding carboxylic acids is 1. The van der Waals surface area contributed by atoms with Crippen molar-refractivity contribution in [3.63, 3.8) is 0 Å². The lowest BCUT2D eigenvalue weighted by Crippen LogP contribution is -2.30. The number of likely N-dealkylation sites (tertiary alicyclic amines) is 1. The van der Waals surface area contributed by atoms with Crippen molar-refractivity contribution in [2.45, 2.75) is 19.4 Å². The second kappa shape index (κ2) is 5.13. The molecule has 0 aliphatic carbocycles. The van der Waals surface area contributed by atoms with Crippen molar-refractivity contribution in [2.24, 2.45) is 5.92 Å². The van der Waals surface area contributed by atoms with Crippen molar-refractivity contribution in [3.05, 3.63) is 29.3 Å². The molecule has 2 unspecified atom stereocenters. The molecule has 0 radical (unpaired) electrons. The monoisotopic (exact) mass is 270 g/mol. The van der Waals surface area contributed by atoms with E-state index >= 15 is 0 Å². The fourth-order valence-electron chi connectivity index (χ4n) is 2.26. The molecule has 6 heteroatoms. The highest BCUT2D eigenvalue weighted by molar-refractivity contribution is 5.94. The summed E-state index contributed by atoms with van der Waals surface area (Å²) in [5.74, 6) is -2.31. The van der Waals surface area contributed by atoms with Gasteiger partial charge in [-0.2, -0.15) is 0 Å². The molecule has 1 aliphatic heterocycles. The average Bonchev–Trinajstić information content (AvgIpc) is 2.84. The lowest BCUT2D eigenvalue weighted by atomic mass is 10.0. The van der Waals surface area contributed by atoms with Crippen molar-refractivity contribution < 1.29 is 18.7 Å². The van der Waals surface area contributed by atoms with Crippen LogP contribution in [0.1, 0.15) is 23.7 Å². The molecule has 0 spiro atoms. The van der Waals surface area contributed by atoms with E-state index in [1.54, 1.807) is 6.92 Å². The number of halogens is 2. The molecular weight excluding hydrogens is 254 g/mol. The summed E-state index contributed by atoms with van der Waals surface area (Å²) < 4.78 is 26.6. The molecule has 1 heterocycles. The standard InChI is InChI=1S/C13H16F2N2O2/c1-7(18)8-2-3-17(6-8)13(19)9-4-10(14)12(16)11(15)5-9/h4-5,7-8,18H,2-3,6,16H2,1H3. The maximum atomic E-state index is 13.3. The molecule has 0 aromatic heterocycles. The quantitative estimate of drug-likeness (QED) is 0.798. The first kappa shape index (κ1) is 13.7. The van der Waals surface area contributed by atoms with Crippen LogP contribution >= 0.6 is 0 Å². The molecule has 1 amide bonds. The van der Waals surface area contributed by atoms with E-state index in [1.807, 2.05) is 0 Å². The number of amides is 1. The summed E-state index contributed by atoms with van der Waals surface area (Å²) >= 11 is 0. The first-order chi connectivity index (χ1) is 8.90. The maximum absolute atomic E-state index is 13.3. The first-order valence-corrected chi connectivity index (χ1v) is 6.12. The van der Waals surface area contributed by atoms with Gasteiger partial charge in [-0.3, -0.25) is 4.79 Å². The fourth-order valence-corrected chi connectivity index (χ4v) is 2.26. The summed E-state index contributed by atoms with van der Waals surface area (Å²) in [6.07, 6.45) is 0.182. The summed E-state index contributed by atoms with van der Waals surface area (Å²) in [6, 6.07) is 1.88. The third-order valence-electron chi connectivity index (χ3n) is 3.52. The minimum Gasteiger partial charge on any atom is -0.394 e. The highest BCUT2D eigenvalue weighted by Crippen LogP contribution is 2.23. The summed E-state index contributed by atoms with van der Waals surface area (Å²) in [7, 11) is 0. The van der Waals surface area contributed by atoms with Crippen LogP contribution in [-0.4, -0.2) is 35.1 Å². The number of benzene rings is 1. The van der Waals surface area contributed by atoms with Crippen LogP contribution in [0, 0.1) is 17.6 Å². The smallest absolute Gasteiger partial charge is 0.254 e. The molecule has 1 aromatic carbocycles. The Morgan fingerprint density at radius 3 is 2.53 bits per heavy atom. The van der Waals surface area contributed by atoms with Crippen molar-refractivity contribution >= 4 is 11.6 Å². The van der Waals surface area contributed by atoms with E-state index in [-0.39, 0.29) is 11.5 Å². The third-order valence-corrected chi connectivity index (χ3v) is 3.52. The minimum absolute atomic E-state index is 0.00688. The zero-order valence-corrected chi connectivity index (χ0v) is 10.6. The van der Waals surface area contributed by atoms with Crippen LogP contribution in [0.4, 0.5) is 14.5 Å². The molecule has 1 fully saturated rings. The van der Waals surface area contributed by atoms with Gasteiger partial charge in [0.15, 0.2) is 0 Å². The van der Waals surface area contributed by atoms with Crippen LogP contribution in [0.3, 0.4) is 0 Å². The number of carbonyl (C=O) groups is 1. The fraction of sp³-hybridized carbons (Fsp3) is 0.462. The van der Waals surface area contributed by atoms with Gasteiger partial charge in [0.2, 0.25) is 0 Å². The highest BCUT2D eigenvalue weighted by atomic mass is 19.1. The summed E-state index contributed by atoms with van der Waals surface area (Å²) in [4.78, 5) is 13.6. The number of hydrogen-bond acceptors (Lipinski definition) is 3. The lowest BCUT2D eigenvalue weighted by molar-refractivity contribution is 0.0761. The van der Waals surface area contributed by atoms with Crippen LogP contribution in [-0.2, 0) is 0 Å². The van der Waals surface area contributed by atoms with Gasteiger partial charge in [-0.1, -0.05) is 0 Å². The van der Waals surface area contributed by atoms with Crippen molar-refractivity contribution in [2.75, 3.05) is 18.8 Å². The zero-order chi connectivity index (χ0) is 14.2. The van der Waals surface area contributed by atoms with Crippen LogP contribution in [0.5, 0.6) is 0 Å². The molecule has 1 saturated heterocycles. The van der Waals surface area contributed by atoms with E-state index in [9.17, 15) is 18.7 Å². The van der Waals surface area contributed by atoms with Crippen LogP contribution in [0.25, 0.3) is 0 Å². The third kappa shape index (κ3) is 2.68. The molecule has 1 aromatic rings. The lowest BCUT2D eigenvalue weighted by Gasteiger charge is -2.18. The number of nitrogen functional groups attached to an aromatic ring is 1. The topological polar surface area (TPSA) is 66.6 Å². The zero-order valence-electron chi connectivity index (χ0n) is 10.6. The molecule has 2 atom stereocenters. The van der Waals surface area contributed by atoms with Gasteiger partial charge in [0.05, 0.1) is 6.10 Å². The first-order valence-electron chi connectivity index (χ1n) is 6.12. The normalized spacial score (nSPS) is 20.6. The van der Waals surface area contributed by atoms with E-state index in [0.29, 0.717) is 19.5 Å². The highest BCUT2D eigenvalue weighted by Gasteiger charge is 2.30. The number of nitrogens with two attached hydrogens (primary N) is 1. The van der Waals surface area contributed by atoms with Gasteiger partial charge in [0.25, 0.3) is 5.91 Å². The largest absolute Gasteiger partial charge is 0.394 e. The Morgan fingerprint density at radius 2 is 2.05 bits per heavy atom. The van der Waals surface area contributed by atoms with E-state index in [1.165, 1.54) is 4.90 Å². The molecule has 104 valence electrons. The Balaban J connectivity index is 2.17. The van der Waals surface area contributed by atoms with Gasteiger partial charge in [-0.15, -0.1) is 0 Å². The van der Waals surface area contributed by atoms with Gasteiger partial charge in [-0.05, 0) is 25.5 Å². The predicted molar refractivity (Wildman–Crippen MR) is 66.5 cm³/mol. The SMILES string of the molecule is CC(O)C1CCN(C(=O)c2cc(F)c(N)c(F)c2)C1. The number of hydrogen-bond donors (Lipinski definition) is 2. The Kier molecular flexibility index (Phi) is 3.71. The Bertz CT molecular complexity index is 482. The van der Waals surface area contributed by atoms with Crippen molar-refractivity contribution in [1.29, 1.82) is 0 Å². The predicted octanol–water partition coefficient (Wildman–Crippen LogP) is 1.39. The van der Waals surface area contributed by atoms with Crippen LogP contribution in [0.15, 0.2) is 12.1 Å². The van der Waals surface area contributed by atoms with Gasteiger partial charge < -0.3 is 15.7 Å². The number of aliphatic hydroxyl groups is 1. The number of anilines is 1. The molecule has 19 heavy (non-hydrogen) atoms. The van der Waals surface area contributed by atoms with E-state index in [0.717, 1.165) is 12.1 Å². The molecule has 2 rings (SSSR count). The molecular formula is C13H16F2N2O2. The van der Waals surface area contributed by atoms with Gasteiger partial charge in [-0.25, -0.2) is 8.78 Å². The van der Waals surface area contributed by atoms with E-state index in [2.05, 4.69) is 0 Å². The number of rotatable bonds is 2. The minimum atomic E-state index is -0.936.